The van der Waals surface area contributed by atoms with Crippen molar-refractivity contribution >= 4 is 48.7 Å². The molecular formula is C20H20BrN3O5S. The molecule has 0 bridgehead atoms. The molecule has 2 aromatic carbocycles. The molecule has 0 radical (unpaired) electrons. The number of nitrogens with one attached hydrogen (secondary N) is 2. The van der Waals surface area contributed by atoms with E-state index in [0.29, 0.717) is 5.56 Å². The zero-order chi connectivity index (χ0) is 21.9. The molecule has 3 aromatic rings. The molecule has 0 saturated heterocycles. The van der Waals surface area contributed by atoms with Crippen LogP contribution in [0.4, 0.5) is 0 Å². The molecule has 1 aromatic heterocycles. The minimum Gasteiger partial charge on any atom is -0.451 e. The van der Waals surface area contributed by atoms with Crippen molar-refractivity contribution in [2.24, 2.45) is 0 Å². The van der Waals surface area contributed by atoms with Gasteiger partial charge < -0.3 is 15.0 Å². The van der Waals surface area contributed by atoms with E-state index in [1.54, 1.807) is 24.3 Å². The quantitative estimate of drug-likeness (QED) is 0.491. The summed E-state index contributed by atoms with van der Waals surface area (Å²) in [5, 5.41) is 3.42. The summed E-state index contributed by atoms with van der Waals surface area (Å²) in [5.41, 5.74) is 1.44. The smallest absolute Gasteiger partial charge is 0.355 e. The van der Waals surface area contributed by atoms with Gasteiger partial charge in [-0.1, -0.05) is 40.2 Å². The Kier molecular flexibility index (Phi) is 6.59. The zero-order valence-electron chi connectivity index (χ0n) is 16.3. The highest BCUT2D eigenvalue weighted by Crippen LogP contribution is 2.21. The van der Waals surface area contributed by atoms with Crippen LogP contribution in [0.25, 0.3) is 10.9 Å². The Morgan fingerprint density at radius 1 is 1.13 bits per heavy atom. The second kappa shape index (κ2) is 8.99. The second-order valence-corrected chi connectivity index (χ2v) is 9.70. The molecule has 0 unspecified atom stereocenters. The number of benzene rings is 2. The van der Waals surface area contributed by atoms with E-state index in [0.717, 1.165) is 19.7 Å². The Bertz CT molecular complexity index is 1200. The molecule has 0 fully saturated rings. The number of sulfonamides is 1. The number of halogens is 1. The van der Waals surface area contributed by atoms with Crippen LogP contribution in [0.15, 0.2) is 57.9 Å². The number of esters is 1. The number of nitrogens with zero attached hydrogens (tertiary/aromatic N) is 1. The molecule has 1 amide bonds. The molecule has 0 atom stereocenters. The van der Waals surface area contributed by atoms with Crippen molar-refractivity contribution in [1.82, 2.24) is 14.6 Å². The van der Waals surface area contributed by atoms with Crippen LogP contribution in [-0.2, 0) is 26.1 Å². The van der Waals surface area contributed by atoms with Crippen LogP contribution < -0.4 is 5.32 Å². The number of H-pyrrole nitrogens is 1. The van der Waals surface area contributed by atoms with E-state index in [-0.39, 0.29) is 17.1 Å². The summed E-state index contributed by atoms with van der Waals surface area (Å²) in [4.78, 5) is 27.4. The van der Waals surface area contributed by atoms with E-state index >= 15 is 0 Å². The monoisotopic (exact) mass is 493 g/mol. The van der Waals surface area contributed by atoms with E-state index < -0.39 is 28.5 Å². The molecule has 0 aliphatic rings. The first-order valence-corrected chi connectivity index (χ1v) is 11.1. The third-order valence-corrected chi connectivity index (χ3v) is 6.75. The molecule has 0 saturated carbocycles. The van der Waals surface area contributed by atoms with Crippen molar-refractivity contribution in [3.63, 3.8) is 0 Å². The summed E-state index contributed by atoms with van der Waals surface area (Å²) < 4.78 is 31.8. The summed E-state index contributed by atoms with van der Waals surface area (Å²) in [6.07, 6.45) is 0. The molecule has 1 heterocycles. The Labute approximate surface area is 182 Å². The van der Waals surface area contributed by atoms with Gasteiger partial charge in [0.15, 0.2) is 6.61 Å². The van der Waals surface area contributed by atoms with Crippen molar-refractivity contribution < 1.29 is 22.7 Å². The average molecular weight is 494 g/mol. The van der Waals surface area contributed by atoms with Gasteiger partial charge in [0.05, 0.1) is 4.90 Å². The standard InChI is InChI=1S/C20H20BrN3O5S/c1-24(2)30(27,28)18-6-4-3-5-14(18)11-22-19(25)12-29-20(26)17-9-13-7-8-15(21)10-16(13)23-17/h3-10,23H,11-12H2,1-2H3,(H,22,25). The second-order valence-electron chi connectivity index (χ2n) is 6.66. The highest BCUT2D eigenvalue weighted by Gasteiger charge is 2.21. The van der Waals surface area contributed by atoms with Gasteiger partial charge in [-0.05, 0) is 29.8 Å². The van der Waals surface area contributed by atoms with Crippen LogP contribution in [0.5, 0.6) is 0 Å². The predicted octanol–water partition coefficient (Wildman–Crippen LogP) is 2.65. The number of amides is 1. The number of hydrogen-bond acceptors (Lipinski definition) is 5. The van der Waals surface area contributed by atoms with Gasteiger partial charge in [-0.15, -0.1) is 0 Å². The predicted molar refractivity (Wildman–Crippen MR) is 115 cm³/mol. The molecule has 0 aliphatic carbocycles. The Morgan fingerprint density at radius 2 is 1.87 bits per heavy atom. The van der Waals surface area contributed by atoms with E-state index in [1.165, 1.54) is 20.2 Å². The van der Waals surface area contributed by atoms with Gasteiger partial charge >= 0.3 is 5.97 Å². The van der Waals surface area contributed by atoms with Gasteiger partial charge in [0, 0.05) is 36.0 Å². The van der Waals surface area contributed by atoms with Crippen LogP contribution in [-0.4, -0.2) is 50.3 Å². The van der Waals surface area contributed by atoms with Crippen molar-refractivity contribution in [1.29, 1.82) is 0 Å². The third kappa shape index (κ3) is 4.89. The highest BCUT2D eigenvalue weighted by atomic mass is 79.9. The molecule has 10 heteroatoms. The van der Waals surface area contributed by atoms with Crippen LogP contribution in [0.2, 0.25) is 0 Å². The van der Waals surface area contributed by atoms with Crippen molar-refractivity contribution in [3.05, 3.63) is 64.3 Å². The van der Waals surface area contributed by atoms with Gasteiger partial charge in [-0.25, -0.2) is 17.5 Å². The number of carbonyl (C=O) groups is 2. The molecule has 0 aliphatic heterocycles. The molecular weight excluding hydrogens is 474 g/mol. The first-order valence-electron chi connectivity index (χ1n) is 8.91. The Hall–Kier alpha value is -2.69. The number of fused-ring (bicyclic) bond motifs is 1. The van der Waals surface area contributed by atoms with E-state index in [9.17, 15) is 18.0 Å². The van der Waals surface area contributed by atoms with Crippen LogP contribution >= 0.6 is 15.9 Å². The lowest BCUT2D eigenvalue weighted by molar-refractivity contribution is -0.124. The first-order chi connectivity index (χ1) is 14.2. The van der Waals surface area contributed by atoms with Gasteiger partial charge in [0.1, 0.15) is 5.69 Å². The van der Waals surface area contributed by atoms with Crippen molar-refractivity contribution in [2.75, 3.05) is 20.7 Å². The number of rotatable bonds is 7. The van der Waals surface area contributed by atoms with Gasteiger partial charge in [0.25, 0.3) is 5.91 Å². The van der Waals surface area contributed by atoms with Crippen LogP contribution in [0, 0.1) is 0 Å². The van der Waals surface area contributed by atoms with Gasteiger partial charge in [-0.3, -0.25) is 4.79 Å². The maximum atomic E-state index is 12.4. The SMILES string of the molecule is CN(C)S(=O)(=O)c1ccccc1CNC(=O)COC(=O)c1cc2ccc(Br)cc2[nH]1. The number of ether oxygens (including phenoxy) is 1. The minimum atomic E-state index is -3.64. The lowest BCUT2D eigenvalue weighted by Gasteiger charge is -2.15. The Morgan fingerprint density at radius 3 is 2.60 bits per heavy atom. The molecule has 30 heavy (non-hydrogen) atoms. The Balaban J connectivity index is 1.59. The fourth-order valence-electron chi connectivity index (χ4n) is 2.76. The van der Waals surface area contributed by atoms with Crippen molar-refractivity contribution in [2.45, 2.75) is 11.4 Å². The molecule has 2 N–H and O–H groups in total. The van der Waals surface area contributed by atoms with E-state index in [4.69, 9.17) is 4.74 Å². The van der Waals surface area contributed by atoms with E-state index in [1.807, 2.05) is 18.2 Å². The number of hydrogen-bond donors (Lipinski definition) is 2. The topological polar surface area (TPSA) is 109 Å². The third-order valence-electron chi connectivity index (χ3n) is 4.35. The largest absolute Gasteiger partial charge is 0.451 e. The minimum absolute atomic E-state index is 0.0138. The summed E-state index contributed by atoms with van der Waals surface area (Å²) in [5.74, 6) is -1.20. The molecule has 0 spiro atoms. The van der Waals surface area contributed by atoms with Gasteiger partial charge in [-0.2, -0.15) is 0 Å². The van der Waals surface area contributed by atoms with Crippen molar-refractivity contribution in [3.8, 4) is 0 Å². The molecule has 8 nitrogen and oxygen atoms in total. The maximum absolute atomic E-state index is 12.4. The summed E-state index contributed by atoms with van der Waals surface area (Å²) in [6.45, 7) is -0.499. The zero-order valence-corrected chi connectivity index (χ0v) is 18.7. The van der Waals surface area contributed by atoms with Crippen LogP contribution in [0.1, 0.15) is 16.1 Å². The van der Waals surface area contributed by atoms with E-state index in [2.05, 4.69) is 26.2 Å². The fourth-order valence-corrected chi connectivity index (χ4v) is 4.24. The average Bonchev–Trinajstić information content (AvgIpc) is 3.13. The summed E-state index contributed by atoms with van der Waals surface area (Å²) >= 11 is 3.36. The number of aromatic amines is 1. The summed E-state index contributed by atoms with van der Waals surface area (Å²) in [6, 6.07) is 13.6. The number of carbonyl (C=O) groups excluding carboxylic acids is 2. The summed E-state index contributed by atoms with van der Waals surface area (Å²) in [7, 11) is -0.769. The molecule has 158 valence electrons. The normalized spacial score (nSPS) is 11.6. The highest BCUT2D eigenvalue weighted by molar-refractivity contribution is 9.10. The lowest BCUT2D eigenvalue weighted by Crippen LogP contribution is -2.30. The molecule has 3 rings (SSSR count). The maximum Gasteiger partial charge on any atom is 0.355 e. The number of aromatic nitrogens is 1. The lowest BCUT2D eigenvalue weighted by atomic mass is 10.2. The van der Waals surface area contributed by atoms with Gasteiger partial charge in [0.2, 0.25) is 10.0 Å². The first kappa shape index (κ1) is 22.0. The van der Waals surface area contributed by atoms with Crippen LogP contribution in [0.3, 0.4) is 0 Å². The fraction of sp³-hybridized carbons (Fsp3) is 0.200.